The quantitative estimate of drug-likeness (QED) is 0.643. The van der Waals surface area contributed by atoms with Gasteiger partial charge in [-0.3, -0.25) is 4.79 Å². The van der Waals surface area contributed by atoms with Gasteiger partial charge in [-0.05, 0) is 81.3 Å². The molecule has 1 heterocycles. The molecule has 0 atom stereocenters. The SMILES string of the molecule is O=C(CSC12CC3CC(CC(C3)C1)C2)c1ccc(S(=O)(=O)N2CCCC2)cc1. The maximum atomic E-state index is 12.8. The summed E-state index contributed by atoms with van der Waals surface area (Å²) < 4.78 is 27.2. The number of carbonyl (C=O) groups excluding carboxylic acids is 1. The number of nitrogens with zero attached hydrogens (tertiary/aromatic N) is 1. The number of ketones is 1. The maximum absolute atomic E-state index is 12.8. The van der Waals surface area contributed by atoms with Crippen LogP contribution >= 0.6 is 11.8 Å². The second kappa shape index (κ2) is 7.13. The first kappa shape index (κ1) is 19.1. The van der Waals surface area contributed by atoms with Gasteiger partial charge in [-0.2, -0.15) is 4.31 Å². The normalized spacial score (nSPS) is 34.8. The topological polar surface area (TPSA) is 54.5 Å². The zero-order valence-corrected chi connectivity index (χ0v) is 17.9. The largest absolute Gasteiger partial charge is 0.293 e. The Hall–Kier alpha value is -0.850. The van der Waals surface area contributed by atoms with E-state index in [4.69, 9.17) is 0 Å². The van der Waals surface area contributed by atoms with Gasteiger partial charge < -0.3 is 0 Å². The summed E-state index contributed by atoms with van der Waals surface area (Å²) in [4.78, 5) is 13.1. The highest BCUT2D eigenvalue weighted by Gasteiger charge is 2.51. The summed E-state index contributed by atoms with van der Waals surface area (Å²) in [5, 5.41) is 0. The van der Waals surface area contributed by atoms with Crippen molar-refractivity contribution in [3.63, 3.8) is 0 Å². The molecule has 28 heavy (non-hydrogen) atoms. The molecule has 1 aromatic rings. The van der Waals surface area contributed by atoms with Gasteiger partial charge in [0.15, 0.2) is 5.78 Å². The molecule has 0 unspecified atom stereocenters. The van der Waals surface area contributed by atoms with Crippen molar-refractivity contribution >= 4 is 27.6 Å². The Labute approximate surface area is 172 Å². The molecule has 1 aliphatic heterocycles. The van der Waals surface area contributed by atoms with E-state index < -0.39 is 10.0 Å². The van der Waals surface area contributed by atoms with E-state index in [-0.39, 0.29) is 5.78 Å². The molecule has 0 radical (unpaired) electrons. The van der Waals surface area contributed by atoms with Crippen LogP contribution in [0, 0.1) is 17.8 Å². The highest BCUT2D eigenvalue weighted by molar-refractivity contribution is 8.01. The van der Waals surface area contributed by atoms with Crippen molar-refractivity contribution in [1.29, 1.82) is 0 Å². The summed E-state index contributed by atoms with van der Waals surface area (Å²) in [7, 11) is -3.41. The summed E-state index contributed by atoms with van der Waals surface area (Å²) >= 11 is 1.89. The Morgan fingerprint density at radius 1 is 0.964 bits per heavy atom. The van der Waals surface area contributed by atoms with Crippen LogP contribution < -0.4 is 0 Å². The van der Waals surface area contributed by atoms with Crippen LogP contribution in [0.25, 0.3) is 0 Å². The highest BCUT2D eigenvalue weighted by atomic mass is 32.2. The van der Waals surface area contributed by atoms with Crippen LogP contribution in [-0.2, 0) is 10.0 Å². The van der Waals surface area contributed by atoms with E-state index in [1.807, 2.05) is 11.8 Å². The molecular weight excluding hydrogens is 390 g/mol. The van der Waals surface area contributed by atoms with Crippen LogP contribution in [-0.4, -0.2) is 42.1 Å². The first-order chi connectivity index (χ1) is 13.4. The Morgan fingerprint density at radius 2 is 1.50 bits per heavy atom. The molecule has 1 saturated heterocycles. The maximum Gasteiger partial charge on any atom is 0.243 e. The van der Waals surface area contributed by atoms with Gasteiger partial charge in [-0.25, -0.2) is 8.42 Å². The molecule has 4 bridgehead atoms. The van der Waals surface area contributed by atoms with E-state index in [0.29, 0.717) is 34.0 Å². The van der Waals surface area contributed by atoms with Crippen molar-refractivity contribution in [1.82, 2.24) is 4.31 Å². The van der Waals surface area contributed by atoms with Gasteiger partial charge in [0, 0.05) is 23.4 Å². The lowest BCUT2D eigenvalue weighted by Gasteiger charge is -2.56. The van der Waals surface area contributed by atoms with Crippen LogP contribution in [0.3, 0.4) is 0 Å². The fourth-order valence-electron chi connectivity index (χ4n) is 6.40. The number of hydrogen-bond donors (Lipinski definition) is 0. The monoisotopic (exact) mass is 419 g/mol. The number of thioether (sulfide) groups is 1. The van der Waals surface area contributed by atoms with Crippen molar-refractivity contribution in [3.8, 4) is 0 Å². The summed E-state index contributed by atoms with van der Waals surface area (Å²) in [6, 6.07) is 6.61. The average molecular weight is 420 g/mol. The molecule has 0 aromatic heterocycles. The second-order valence-corrected chi connectivity index (χ2v) is 12.8. The molecule has 0 spiro atoms. The van der Waals surface area contributed by atoms with Gasteiger partial charge >= 0.3 is 0 Å². The van der Waals surface area contributed by atoms with Gasteiger partial charge in [0.1, 0.15) is 0 Å². The summed E-state index contributed by atoms with van der Waals surface area (Å²) in [5.41, 5.74) is 0.637. The molecule has 0 amide bonds. The Balaban J connectivity index is 1.24. The van der Waals surface area contributed by atoms with Crippen LogP contribution in [0.2, 0.25) is 0 Å². The van der Waals surface area contributed by atoms with Crippen LogP contribution in [0.4, 0.5) is 0 Å². The fraction of sp³-hybridized carbons (Fsp3) is 0.682. The van der Waals surface area contributed by atoms with E-state index in [1.165, 1.54) is 38.5 Å². The Bertz CT molecular complexity index is 821. The molecule has 0 N–H and O–H groups in total. The van der Waals surface area contributed by atoms with E-state index in [9.17, 15) is 13.2 Å². The average Bonchev–Trinajstić information content (AvgIpc) is 3.21. The third-order valence-corrected chi connectivity index (χ3v) is 10.8. The number of hydrogen-bond acceptors (Lipinski definition) is 4. The highest BCUT2D eigenvalue weighted by Crippen LogP contribution is 2.60. The van der Waals surface area contributed by atoms with Crippen molar-refractivity contribution in [2.24, 2.45) is 17.8 Å². The zero-order chi connectivity index (χ0) is 19.4. The number of Topliss-reactive ketones (excluding diaryl/α,β-unsaturated/α-hetero) is 1. The third kappa shape index (κ3) is 3.46. The number of sulfonamides is 1. The van der Waals surface area contributed by atoms with Crippen LogP contribution in [0.5, 0.6) is 0 Å². The molecule has 6 heteroatoms. The van der Waals surface area contributed by atoms with Crippen molar-refractivity contribution < 1.29 is 13.2 Å². The standard InChI is InChI=1S/C22H29NO3S2/c24-21(15-27-22-12-16-9-17(13-22)11-18(10-16)14-22)19-3-5-20(6-4-19)28(25,26)23-7-1-2-8-23/h3-6,16-18H,1-2,7-15H2. The van der Waals surface area contributed by atoms with Crippen molar-refractivity contribution in [3.05, 3.63) is 29.8 Å². The van der Waals surface area contributed by atoms with E-state index in [0.717, 1.165) is 30.6 Å². The predicted octanol–water partition coefficient (Wildman–Crippen LogP) is 4.36. The molecule has 152 valence electrons. The molecule has 4 aliphatic carbocycles. The molecule has 5 aliphatic rings. The smallest absolute Gasteiger partial charge is 0.243 e. The first-order valence-electron chi connectivity index (χ1n) is 10.7. The van der Waals surface area contributed by atoms with Gasteiger partial charge in [0.2, 0.25) is 10.0 Å². The fourth-order valence-corrected chi connectivity index (χ4v) is 9.58. The summed E-state index contributed by atoms with van der Waals surface area (Å²) in [6.07, 6.45) is 9.99. The number of benzene rings is 1. The van der Waals surface area contributed by atoms with Gasteiger partial charge in [0.05, 0.1) is 10.6 Å². The van der Waals surface area contributed by atoms with E-state index in [2.05, 4.69) is 0 Å². The number of carbonyl (C=O) groups is 1. The minimum atomic E-state index is -3.41. The van der Waals surface area contributed by atoms with Crippen LogP contribution in [0.1, 0.15) is 61.7 Å². The number of rotatable bonds is 6. The second-order valence-electron chi connectivity index (χ2n) is 9.45. The molecule has 4 nitrogen and oxygen atoms in total. The minimum absolute atomic E-state index is 0.130. The lowest BCUT2D eigenvalue weighted by Crippen LogP contribution is -2.48. The lowest BCUT2D eigenvalue weighted by molar-refractivity contribution is 0.0383. The lowest BCUT2D eigenvalue weighted by atomic mass is 9.56. The van der Waals surface area contributed by atoms with E-state index >= 15 is 0 Å². The zero-order valence-electron chi connectivity index (χ0n) is 16.3. The summed E-state index contributed by atoms with van der Waals surface area (Å²) in [6.45, 7) is 1.20. The molecule has 4 saturated carbocycles. The van der Waals surface area contributed by atoms with Crippen LogP contribution in [0.15, 0.2) is 29.2 Å². The summed E-state index contributed by atoms with van der Waals surface area (Å²) in [5.74, 6) is 3.33. The molecular formula is C22H29NO3S2. The van der Waals surface area contributed by atoms with Crippen molar-refractivity contribution in [2.45, 2.75) is 61.0 Å². The van der Waals surface area contributed by atoms with E-state index in [1.54, 1.807) is 28.6 Å². The van der Waals surface area contributed by atoms with Gasteiger partial charge in [-0.15, -0.1) is 11.8 Å². The molecule has 6 rings (SSSR count). The molecule has 1 aromatic carbocycles. The minimum Gasteiger partial charge on any atom is -0.293 e. The Kier molecular flexibility index (Phi) is 4.88. The van der Waals surface area contributed by atoms with Crippen molar-refractivity contribution in [2.75, 3.05) is 18.8 Å². The van der Waals surface area contributed by atoms with Gasteiger partial charge in [-0.1, -0.05) is 12.1 Å². The predicted molar refractivity (Wildman–Crippen MR) is 112 cm³/mol. The Morgan fingerprint density at radius 3 is 2.04 bits per heavy atom. The third-order valence-electron chi connectivity index (χ3n) is 7.37. The molecule has 5 fully saturated rings. The van der Waals surface area contributed by atoms with Gasteiger partial charge in [0.25, 0.3) is 0 Å². The first-order valence-corrected chi connectivity index (χ1v) is 13.1.